The Balaban J connectivity index is 2.10. The highest BCUT2D eigenvalue weighted by atomic mass is 16.5. The summed E-state index contributed by atoms with van der Waals surface area (Å²) < 4.78 is 5.07. The van der Waals surface area contributed by atoms with E-state index in [4.69, 9.17) is 4.74 Å². The third-order valence-electron chi connectivity index (χ3n) is 4.02. The maximum atomic E-state index is 9.88. The van der Waals surface area contributed by atoms with Crippen molar-refractivity contribution in [2.45, 2.75) is 33.4 Å². The van der Waals surface area contributed by atoms with Crippen LogP contribution in [-0.2, 0) is 6.54 Å². The van der Waals surface area contributed by atoms with Gasteiger partial charge in [0.25, 0.3) is 0 Å². The first kappa shape index (κ1) is 18.6. The van der Waals surface area contributed by atoms with Crippen LogP contribution in [0.25, 0.3) is 0 Å². The number of aromatic hydroxyl groups is 1. The Labute approximate surface area is 149 Å². The SMILES string of the molecule is CCNC(=NCc1ccc(OC)c(O)c1)NC(C)c1ccccc1C. The van der Waals surface area contributed by atoms with E-state index in [-0.39, 0.29) is 11.8 Å². The van der Waals surface area contributed by atoms with Crippen LogP contribution in [0, 0.1) is 6.92 Å². The monoisotopic (exact) mass is 341 g/mol. The van der Waals surface area contributed by atoms with E-state index in [9.17, 15) is 5.11 Å². The van der Waals surface area contributed by atoms with E-state index >= 15 is 0 Å². The topological polar surface area (TPSA) is 65.9 Å². The molecule has 0 fully saturated rings. The molecule has 0 amide bonds. The maximum absolute atomic E-state index is 9.88. The van der Waals surface area contributed by atoms with Crippen molar-refractivity contribution in [2.24, 2.45) is 4.99 Å². The molecule has 2 aromatic rings. The molecule has 5 heteroatoms. The fraction of sp³-hybridized carbons (Fsp3) is 0.350. The molecule has 2 aromatic carbocycles. The molecule has 134 valence electrons. The van der Waals surface area contributed by atoms with E-state index in [2.05, 4.69) is 41.6 Å². The summed E-state index contributed by atoms with van der Waals surface area (Å²) in [6, 6.07) is 13.8. The third-order valence-corrected chi connectivity index (χ3v) is 4.02. The van der Waals surface area contributed by atoms with Gasteiger partial charge < -0.3 is 20.5 Å². The lowest BCUT2D eigenvalue weighted by atomic mass is 10.0. The summed E-state index contributed by atoms with van der Waals surface area (Å²) >= 11 is 0. The molecule has 0 aromatic heterocycles. The molecule has 1 atom stereocenters. The second kappa shape index (κ2) is 8.97. The average Bonchev–Trinajstić information content (AvgIpc) is 2.60. The van der Waals surface area contributed by atoms with E-state index in [1.165, 1.54) is 18.2 Å². The smallest absolute Gasteiger partial charge is 0.192 e. The van der Waals surface area contributed by atoms with Crippen molar-refractivity contribution in [3.63, 3.8) is 0 Å². The number of phenols is 1. The van der Waals surface area contributed by atoms with Crippen LogP contribution in [0.5, 0.6) is 11.5 Å². The van der Waals surface area contributed by atoms with Crippen molar-refractivity contribution in [3.8, 4) is 11.5 Å². The van der Waals surface area contributed by atoms with Gasteiger partial charge in [-0.15, -0.1) is 0 Å². The van der Waals surface area contributed by atoms with E-state index in [0.29, 0.717) is 12.3 Å². The summed E-state index contributed by atoms with van der Waals surface area (Å²) in [4.78, 5) is 4.62. The number of ether oxygens (including phenoxy) is 1. The van der Waals surface area contributed by atoms with Gasteiger partial charge in [0.15, 0.2) is 17.5 Å². The predicted molar refractivity (Wildman–Crippen MR) is 102 cm³/mol. The van der Waals surface area contributed by atoms with Crippen LogP contribution in [0.3, 0.4) is 0 Å². The average molecular weight is 341 g/mol. The summed E-state index contributed by atoms with van der Waals surface area (Å²) in [5.41, 5.74) is 3.41. The van der Waals surface area contributed by atoms with Gasteiger partial charge in [0, 0.05) is 6.54 Å². The van der Waals surface area contributed by atoms with Crippen LogP contribution < -0.4 is 15.4 Å². The molecule has 5 nitrogen and oxygen atoms in total. The van der Waals surface area contributed by atoms with Gasteiger partial charge in [-0.3, -0.25) is 0 Å². The van der Waals surface area contributed by atoms with Crippen molar-refractivity contribution < 1.29 is 9.84 Å². The fourth-order valence-corrected chi connectivity index (χ4v) is 2.68. The summed E-state index contributed by atoms with van der Waals surface area (Å²) in [7, 11) is 1.53. The van der Waals surface area contributed by atoms with Crippen molar-refractivity contribution in [2.75, 3.05) is 13.7 Å². The van der Waals surface area contributed by atoms with E-state index in [0.717, 1.165) is 18.1 Å². The van der Waals surface area contributed by atoms with Gasteiger partial charge >= 0.3 is 0 Å². The minimum Gasteiger partial charge on any atom is -0.504 e. The minimum atomic E-state index is 0.126. The molecule has 0 saturated carbocycles. The van der Waals surface area contributed by atoms with Crippen molar-refractivity contribution in [1.82, 2.24) is 10.6 Å². The van der Waals surface area contributed by atoms with Crippen LogP contribution >= 0.6 is 0 Å². The lowest BCUT2D eigenvalue weighted by Gasteiger charge is -2.19. The number of aryl methyl sites for hydroxylation is 1. The highest BCUT2D eigenvalue weighted by Crippen LogP contribution is 2.26. The van der Waals surface area contributed by atoms with Crippen molar-refractivity contribution in [3.05, 3.63) is 59.2 Å². The Kier molecular flexibility index (Phi) is 6.69. The summed E-state index contributed by atoms with van der Waals surface area (Å²) in [5.74, 6) is 1.33. The van der Waals surface area contributed by atoms with Gasteiger partial charge in [-0.2, -0.15) is 0 Å². The molecule has 0 radical (unpaired) electrons. The molecule has 0 aliphatic heterocycles. The lowest BCUT2D eigenvalue weighted by Crippen LogP contribution is -2.38. The number of nitrogens with zero attached hydrogens (tertiary/aromatic N) is 1. The second-order valence-electron chi connectivity index (χ2n) is 5.92. The number of methoxy groups -OCH3 is 1. The first-order valence-electron chi connectivity index (χ1n) is 8.51. The molecule has 0 heterocycles. The normalized spacial score (nSPS) is 12.6. The Morgan fingerprint density at radius 2 is 2.00 bits per heavy atom. The minimum absolute atomic E-state index is 0.126. The van der Waals surface area contributed by atoms with Crippen LogP contribution in [-0.4, -0.2) is 24.7 Å². The van der Waals surface area contributed by atoms with Crippen molar-refractivity contribution >= 4 is 5.96 Å². The maximum Gasteiger partial charge on any atom is 0.192 e. The Morgan fingerprint density at radius 3 is 2.64 bits per heavy atom. The zero-order valence-electron chi connectivity index (χ0n) is 15.3. The van der Waals surface area contributed by atoms with Gasteiger partial charge in [0.2, 0.25) is 0 Å². The number of aliphatic imine (C=N–C) groups is 1. The van der Waals surface area contributed by atoms with Gasteiger partial charge in [-0.05, 0) is 49.6 Å². The number of guanidine groups is 1. The lowest BCUT2D eigenvalue weighted by molar-refractivity contribution is 0.373. The molecule has 0 aliphatic carbocycles. The number of benzene rings is 2. The molecular weight excluding hydrogens is 314 g/mol. The van der Waals surface area contributed by atoms with Gasteiger partial charge in [0.1, 0.15) is 0 Å². The number of phenolic OH excluding ortho intramolecular Hbond substituents is 1. The summed E-state index contributed by atoms with van der Waals surface area (Å²) in [5, 5.41) is 16.6. The summed E-state index contributed by atoms with van der Waals surface area (Å²) in [6.07, 6.45) is 0. The highest BCUT2D eigenvalue weighted by Gasteiger charge is 2.10. The Morgan fingerprint density at radius 1 is 1.24 bits per heavy atom. The molecule has 3 N–H and O–H groups in total. The van der Waals surface area contributed by atoms with E-state index in [1.54, 1.807) is 12.1 Å². The quantitative estimate of drug-likeness (QED) is 0.555. The first-order valence-corrected chi connectivity index (χ1v) is 8.51. The molecule has 1 unspecified atom stereocenters. The molecule has 25 heavy (non-hydrogen) atoms. The largest absolute Gasteiger partial charge is 0.504 e. The van der Waals surface area contributed by atoms with E-state index in [1.807, 2.05) is 25.1 Å². The summed E-state index contributed by atoms with van der Waals surface area (Å²) in [6.45, 7) is 7.51. The van der Waals surface area contributed by atoms with Crippen LogP contribution in [0.1, 0.15) is 36.6 Å². The predicted octanol–water partition coefficient (Wildman–Crippen LogP) is 3.53. The van der Waals surface area contributed by atoms with Crippen LogP contribution in [0.2, 0.25) is 0 Å². The van der Waals surface area contributed by atoms with Crippen LogP contribution in [0.15, 0.2) is 47.5 Å². The highest BCUT2D eigenvalue weighted by molar-refractivity contribution is 5.80. The zero-order chi connectivity index (χ0) is 18.2. The zero-order valence-corrected chi connectivity index (χ0v) is 15.3. The first-order chi connectivity index (χ1) is 12.0. The molecule has 0 aliphatic rings. The number of hydrogen-bond acceptors (Lipinski definition) is 3. The molecule has 0 saturated heterocycles. The second-order valence-corrected chi connectivity index (χ2v) is 5.92. The molecule has 2 rings (SSSR count). The number of rotatable bonds is 6. The van der Waals surface area contributed by atoms with E-state index < -0.39 is 0 Å². The standard InChI is InChI=1S/C20H27N3O2/c1-5-21-20(23-15(3)17-9-7-6-8-14(17)2)22-13-16-10-11-19(25-4)18(24)12-16/h6-12,15,24H,5,13H2,1-4H3,(H2,21,22,23). The molecular formula is C20H27N3O2. The molecule has 0 bridgehead atoms. The number of nitrogens with one attached hydrogen (secondary N) is 2. The van der Waals surface area contributed by atoms with Gasteiger partial charge in [-0.25, -0.2) is 4.99 Å². The number of hydrogen-bond donors (Lipinski definition) is 3. The Hall–Kier alpha value is -2.69. The van der Waals surface area contributed by atoms with Crippen molar-refractivity contribution in [1.29, 1.82) is 0 Å². The molecule has 0 spiro atoms. The fourth-order valence-electron chi connectivity index (χ4n) is 2.68. The van der Waals surface area contributed by atoms with Gasteiger partial charge in [-0.1, -0.05) is 30.3 Å². The third kappa shape index (κ3) is 5.14. The van der Waals surface area contributed by atoms with Crippen LogP contribution in [0.4, 0.5) is 0 Å². The Bertz CT molecular complexity index is 729. The van der Waals surface area contributed by atoms with Gasteiger partial charge in [0.05, 0.1) is 19.7 Å².